The minimum Gasteiger partial charge on any atom is -0.360 e. The summed E-state index contributed by atoms with van der Waals surface area (Å²) in [6.45, 7) is 19.1. The van der Waals surface area contributed by atoms with Crippen LogP contribution in [-0.2, 0) is 12.9 Å². The van der Waals surface area contributed by atoms with Crippen molar-refractivity contribution in [2.75, 3.05) is 39.6 Å². The smallest absolute Gasteiger partial charge is 0.360 e. The molecule has 0 heterocycles. The second-order valence-corrected chi connectivity index (χ2v) is 3.63. The molecule has 0 rings (SSSR count). The lowest BCUT2D eigenvalue weighted by Gasteiger charge is -2.24. The quantitative estimate of drug-likeness (QED) is 0.427. The first-order valence-corrected chi connectivity index (χ1v) is 6.68. The Hall–Kier alpha value is -0.0551. The lowest BCUT2D eigenvalue weighted by molar-refractivity contribution is -0.194. The standard InChI is InChI=1S/C12H30BO3/c1-7-14(8-2)13(15(9-3)10-4)16(11-5)12-6/h7-12H2,1-6H3/q+3. The highest BCUT2D eigenvalue weighted by Gasteiger charge is 2.73. The summed E-state index contributed by atoms with van der Waals surface area (Å²) in [5, 5.41) is 0. The van der Waals surface area contributed by atoms with Gasteiger partial charge < -0.3 is 12.9 Å². The van der Waals surface area contributed by atoms with Crippen molar-refractivity contribution in [3.8, 4) is 0 Å². The highest BCUT2D eigenvalue weighted by molar-refractivity contribution is 6.39. The van der Waals surface area contributed by atoms with E-state index in [1.54, 1.807) is 0 Å². The number of hydrogen-bond donors (Lipinski definition) is 0. The van der Waals surface area contributed by atoms with Crippen LogP contribution in [0.25, 0.3) is 0 Å². The summed E-state index contributed by atoms with van der Waals surface area (Å²) in [6, 6.07) is 0. The lowest BCUT2D eigenvalue weighted by Crippen LogP contribution is -2.51. The molecule has 0 aliphatic heterocycles. The first kappa shape index (κ1) is 15.9. The van der Waals surface area contributed by atoms with Gasteiger partial charge in [-0.3, -0.25) is 0 Å². The predicted octanol–water partition coefficient (Wildman–Crippen LogP) is 2.75. The summed E-state index contributed by atoms with van der Waals surface area (Å²) in [5.74, 6) is 0. The maximum Gasteiger partial charge on any atom is 1.34 e. The average Bonchev–Trinajstić information content (AvgIpc) is 2.33. The second-order valence-electron chi connectivity index (χ2n) is 3.63. The van der Waals surface area contributed by atoms with Crippen LogP contribution in [0.2, 0.25) is 0 Å². The predicted molar refractivity (Wildman–Crippen MR) is 72.3 cm³/mol. The van der Waals surface area contributed by atoms with Crippen molar-refractivity contribution in [2.45, 2.75) is 41.5 Å². The Labute approximate surface area is 102 Å². The van der Waals surface area contributed by atoms with Crippen LogP contribution in [0, 0.1) is 0 Å². The van der Waals surface area contributed by atoms with Crippen molar-refractivity contribution < 1.29 is 12.9 Å². The molecular formula is C12H30BO3+3. The van der Waals surface area contributed by atoms with E-state index in [1.807, 2.05) is 0 Å². The van der Waals surface area contributed by atoms with Crippen LogP contribution in [-0.4, -0.2) is 47.0 Å². The minimum absolute atomic E-state index is 0.222. The first-order chi connectivity index (χ1) is 7.69. The zero-order chi connectivity index (χ0) is 12.6. The molecule has 0 N–H and O–H groups in total. The Balaban J connectivity index is 4.84. The third-order valence-electron chi connectivity index (χ3n) is 3.04. The Morgan fingerprint density at radius 1 is 0.500 bits per heavy atom. The van der Waals surface area contributed by atoms with Gasteiger partial charge in [-0.25, -0.2) is 0 Å². The zero-order valence-electron chi connectivity index (χ0n) is 12.0. The molecule has 0 saturated carbocycles. The van der Waals surface area contributed by atoms with Crippen LogP contribution in [0.3, 0.4) is 0 Å². The van der Waals surface area contributed by atoms with Crippen molar-refractivity contribution in [1.29, 1.82) is 0 Å². The van der Waals surface area contributed by atoms with E-state index in [4.69, 9.17) is 0 Å². The van der Waals surface area contributed by atoms with Gasteiger partial charge in [-0.1, -0.05) is 0 Å². The highest BCUT2D eigenvalue weighted by Crippen LogP contribution is 2.18. The molecule has 0 aliphatic carbocycles. The molecule has 0 radical (unpaired) electrons. The molecule has 0 aromatic carbocycles. The summed E-state index contributed by atoms with van der Waals surface area (Å²) >= 11 is 0. The van der Waals surface area contributed by atoms with E-state index in [0.29, 0.717) is 0 Å². The Morgan fingerprint density at radius 2 is 0.688 bits per heavy atom. The van der Waals surface area contributed by atoms with Crippen LogP contribution in [0.4, 0.5) is 0 Å². The zero-order valence-corrected chi connectivity index (χ0v) is 12.0. The van der Waals surface area contributed by atoms with Gasteiger partial charge in [0, 0.05) is 41.5 Å². The number of hydrogen-bond acceptors (Lipinski definition) is 0. The third-order valence-corrected chi connectivity index (χ3v) is 3.04. The molecule has 16 heavy (non-hydrogen) atoms. The van der Waals surface area contributed by atoms with Gasteiger partial charge in [0.25, 0.3) is 0 Å². The van der Waals surface area contributed by atoms with Gasteiger partial charge in [-0.15, -0.1) is 0 Å². The number of rotatable bonds is 9. The molecule has 0 amide bonds. The molecule has 0 fully saturated rings. The van der Waals surface area contributed by atoms with Gasteiger partial charge in [0.15, 0.2) is 0 Å². The summed E-state index contributed by atoms with van der Waals surface area (Å²) in [7, 11) is 0.222. The summed E-state index contributed by atoms with van der Waals surface area (Å²) < 4.78 is 10.0. The molecule has 0 spiro atoms. The first-order valence-electron chi connectivity index (χ1n) is 6.68. The fraction of sp³-hybridized carbons (Fsp3) is 1.00. The van der Waals surface area contributed by atoms with E-state index in [-0.39, 0.29) is 7.32 Å². The van der Waals surface area contributed by atoms with Gasteiger partial charge in [0.05, 0.1) is 0 Å². The van der Waals surface area contributed by atoms with E-state index in [0.717, 1.165) is 39.6 Å². The van der Waals surface area contributed by atoms with Crippen molar-refractivity contribution in [3.05, 3.63) is 0 Å². The van der Waals surface area contributed by atoms with Crippen LogP contribution in [0.5, 0.6) is 0 Å². The minimum atomic E-state index is 0.222. The monoisotopic (exact) mass is 233 g/mol. The molecule has 0 bridgehead atoms. The summed E-state index contributed by atoms with van der Waals surface area (Å²) in [6.07, 6.45) is 0. The Morgan fingerprint density at radius 3 is 0.812 bits per heavy atom. The summed E-state index contributed by atoms with van der Waals surface area (Å²) in [5.41, 5.74) is 0. The topological polar surface area (TPSA) is 8.10 Å². The van der Waals surface area contributed by atoms with E-state index in [1.165, 1.54) is 0 Å². The lowest BCUT2D eigenvalue weighted by atomic mass is 10.1. The van der Waals surface area contributed by atoms with Gasteiger partial charge in [0.1, 0.15) is 39.6 Å². The molecule has 96 valence electrons. The van der Waals surface area contributed by atoms with Crippen molar-refractivity contribution >= 4 is 7.32 Å². The molecule has 0 aromatic rings. The van der Waals surface area contributed by atoms with E-state index < -0.39 is 0 Å². The van der Waals surface area contributed by atoms with Crippen molar-refractivity contribution in [1.82, 2.24) is 0 Å². The van der Waals surface area contributed by atoms with E-state index in [9.17, 15) is 0 Å². The molecule has 0 aromatic heterocycles. The third kappa shape index (κ3) is 4.08. The highest BCUT2D eigenvalue weighted by atomic mass is 16.9. The fourth-order valence-electron chi connectivity index (χ4n) is 2.01. The Bertz CT molecular complexity index is 126. The van der Waals surface area contributed by atoms with Crippen molar-refractivity contribution in [2.24, 2.45) is 0 Å². The molecule has 3 nitrogen and oxygen atoms in total. The maximum absolute atomic E-state index is 3.34. The molecule has 0 saturated heterocycles. The van der Waals surface area contributed by atoms with Gasteiger partial charge in [-0.05, 0) is 0 Å². The van der Waals surface area contributed by atoms with Crippen LogP contribution >= 0.6 is 0 Å². The largest absolute Gasteiger partial charge is 1.34 e. The van der Waals surface area contributed by atoms with Crippen LogP contribution in [0.1, 0.15) is 41.5 Å². The van der Waals surface area contributed by atoms with Crippen LogP contribution in [0.15, 0.2) is 0 Å². The normalized spacial score (nSPS) is 11.8. The molecule has 0 unspecified atom stereocenters. The average molecular weight is 233 g/mol. The van der Waals surface area contributed by atoms with E-state index in [2.05, 4.69) is 54.4 Å². The molecule has 4 heteroatoms. The van der Waals surface area contributed by atoms with Gasteiger partial charge >= 0.3 is 7.32 Å². The molecule has 0 atom stereocenters. The van der Waals surface area contributed by atoms with Crippen molar-refractivity contribution in [3.63, 3.8) is 0 Å². The fourth-order valence-corrected chi connectivity index (χ4v) is 2.01. The van der Waals surface area contributed by atoms with Crippen LogP contribution < -0.4 is 0 Å². The SMILES string of the molecule is CC[O+](CC)B([O+](CC)CC)[O+](CC)CC. The van der Waals surface area contributed by atoms with Gasteiger partial charge in [-0.2, -0.15) is 0 Å². The Kier molecular flexibility index (Phi) is 8.99. The van der Waals surface area contributed by atoms with Gasteiger partial charge in [0.2, 0.25) is 0 Å². The second kappa shape index (κ2) is 9.02. The van der Waals surface area contributed by atoms with E-state index >= 15 is 0 Å². The maximum atomic E-state index is 3.34. The molecular weight excluding hydrogens is 203 g/mol. The summed E-state index contributed by atoms with van der Waals surface area (Å²) in [4.78, 5) is 0. The molecule has 0 aliphatic rings.